The fourth-order valence-corrected chi connectivity index (χ4v) is 2.53. The first-order valence-electron chi connectivity index (χ1n) is 7.00. The van der Waals surface area contributed by atoms with E-state index in [2.05, 4.69) is 16.3 Å². The molecule has 0 saturated heterocycles. The van der Waals surface area contributed by atoms with E-state index in [1.54, 1.807) is 0 Å². The minimum atomic E-state index is -0.0294. The van der Waals surface area contributed by atoms with Crippen LogP contribution in [-0.4, -0.2) is 48.8 Å². The van der Waals surface area contributed by atoms with Gasteiger partial charge in [-0.3, -0.25) is 9.69 Å². The van der Waals surface area contributed by atoms with Gasteiger partial charge in [-0.15, -0.1) is 0 Å². The second-order valence-electron chi connectivity index (χ2n) is 4.99. The number of benzene rings is 1. The number of carbonyl (C=O) groups excluding carboxylic acids is 1. The number of carbonyl (C=O) groups is 1. The number of rotatable bonds is 6. The van der Waals surface area contributed by atoms with Crippen molar-refractivity contribution in [3.05, 3.63) is 29.3 Å². The van der Waals surface area contributed by atoms with Gasteiger partial charge in [-0.1, -0.05) is 12.1 Å². The van der Waals surface area contributed by atoms with Gasteiger partial charge in [0.2, 0.25) is 5.91 Å². The van der Waals surface area contributed by atoms with E-state index in [0.717, 1.165) is 31.7 Å². The number of aliphatic hydroxyl groups excluding tert-OH is 1. The Morgan fingerprint density at radius 1 is 1.45 bits per heavy atom. The molecule has 110 valence electrons. The average molecular weight is 278 g/mol. The quantitative estimate of drug-likeness (QED) is 0.763. The lowest BCUT2D eigenvalue weighted by atomic mass is 9.97. The Kier molecular flexibility index (Phi) is 5.52. The fourth-order valence-electron chi connectivity index (χ4n) is 2.53. The van der Waals surface area contributed by atoms with Gasteiger partial charge in [0.05, 0.1) is 19.8 Å². The molecule has 0 aliphatic carbocycles. The van der Waals surface area contributed by atoms with E-state index in [9.17, 15) is 4.79 Å². The van der Waals surface area contributed by atoms with Crippen LogP contribution in [0, 0.1) is 0 Å². The first-order valence-corrected chi connectivity index (χ1v) is 7.00. The highest BCUT2D eigenvalue weighted by Crippen LogP contribution is 2.26. The Bertz CT molecular complexity index is 462. The molecule has 0 saturated carbocycles. The molecule has 0 spiro atoms. The van der Waals surface area contributed by atoms with Crippen LogP contribution in [0.1, 0.15) is 18.1 Å². The summed E-state index contributed by atoms with van der Waals surface area (Å²) in [6.45, 7) is 5.36. The van der Waals surface area contributed by atoms with E-state index in [-0.39, 0.29) is 12.5 Å². The maximum absolute atomic E-state index is 11.2. The third-order valence-corrected chi connectivity index (χ3v) is 3.44. The zero-order valence-corrected chi connectivity index (χ0v) is 11.9. The highest BCUT2D eigenvalue weighted by atomic mass is 16.5. The number of nitrogens with one attached hydrogen (secondary N) is 1. The Hall–Kier alpha value is -1.43. The van der Waals surface area contributed by atoms with E-state index < -0.39 is 0 Å². The van der Waals surface area contributed by atoms with E-state index >= 15 is 0 Å². The summed E-state index contributed by atoms with van der Waals surface area (Å²) in [6.07, 6.45) is 0.936. The molecule has 1 aliphatic heterocycles. The molecular formula is C15H22N2O3. The molecule has 0 bridgehead atoms. The lowest BCUT2D eigenvalue weighted by Gasteiger charge is -2.29. The molecule has 1 aromatic carbocycles. The summed E-state index contributed by atoms with van der Waals surface area (Å²) < 4.78 is 5.30. The first-order chi connectivity index (χ1) is 9.70. The van der Waals surface area contributed by atoms with Gasteiger partial charge in [-0.2, -0.15) is 0 Å². The lowest BCUT2D eigenvalue weighted by molar-refractivity contribution is -0.114. The highest BCUT2D eigenvalue weighted by Gasteiger charge is 2.18. The number of anilines is 1. The zero-order chi connectivity index (χ0) is 14.4. The van der Waals surface area contributed by atoms with Crippen LogP contribution in [0.15, 0.2) is 18.2 Å². The molecule has 0 aromatic heterocycles. The summed E-state index contributed by atoms with van der Waals surface area (Å²) in [5.41, 5.74) is 3.45. The number of hydrogen-bond acceptors (Lipinski definition) is 4. The van der Waals surface area contributed by atoms with E-state index in [1.165, 1.54) is 18.1 Å². The summed E-state index contributed by atoms with van der Waals surface area (Å²) in [5.74, 6) is -0.0294. The van der Waals surface area contributed by atoms with Crippen LogP contribution in [0.2, 0.25) is 0 Å². The van der Waals surface area contributed by atoms with Crippen molar-refractivity contribution < 1.29 is 14.6 Å². The smallest absolute Gasteiger partial charge is 0.221 e. The van der Waals surface area contributed by atoms with Gasteiger partial charge in [-0.05, 0) is 23.6 Å². The van der Waals surface area contributed by atoms with E-state index in [0.29, 0.717) is 13.2 Å². The summed E-state index contributed by atoms with van der Waals surface area (Å²) >= 11 is 0. The number of hydrogen-bond donors (Lipinski definition) is 2. The van der Waals surface area contributed by atoms with Crippen LogP contribution in [0.5, 0.6) is 0 Å². The normalized spacial score (nSPS) is 14.9. The van der Waals surface area contributed by atoms with Crippen molar-refractivity contribution >= 4 is 11.6 Å². The Balaban J connectivity index is 1.95. The average Bonchev–Trinajstić information content (AvgIpc) is 2.43. The molecule has 1 amide bonds. The summed E-state index contributed by atoms with van der Waals surface area (Å²) in [5, 5.41) is 11.6. The predicted octanol–water partition coefficient (Wildman–Crippen LogP) is 1.01. The third-order valence-electron chi connectivity index (χ3n) is 3.44. The molecular weight excluding hydrogens is 256 g/mol. The number of ether oxygens (including phenoxy) is 1. The Morgan fingerprint density at radius 2 is 2.30 bits per heavy atom. The van der Waals surface area contributed by atoms with E-state index in [1.807, 2.05) is 12.1 Å². The molecule has 2 rings (SSSR count). The number of nitrogens with zero attached hydrogens (tertiary/aromatic N) is 1. The topological polar surface area (TPSA) is 61.8 Å². The summed E-state index contributed by atoms with van der Waals surface area (Å²) in [4.78, 5) is 13.5. The molecule has 1 aliphatic rings. The van der Waals surface area contributed by atoms with Crippen molar-refractivity contribution in [2.24, 2.45) is 0 Å². The van der Waals surface area contributed by atoms with Crippen LogP contribution in [0.4, 0.5) is 5.69 Å². The Morgan fingerprint density at radius 3 is 3.05 bits per heavy atom. The van der Waals surface area contributed by atoms with Crippen LogP contribution < -0.4 is 5.32 Å². The first kappa shape index (κ1) is 15.0. The van der Waals surface area contributed by atoms with Crippen molar-refractivity contribution in [2.45, 2.75) is 19.9 Å². The zero-order valence-electron chi connectivity index (χ0n) is 11.9. The largest absolute Gasteiger partial charge is 0.394 e. The minimum absolute atomic E-state index is 0.0294. The minimum Gasteiger partial charge on any atom is -0.394 e. The van der Waals surface area contributed by atoms with Crippen molar-refractivity contribution in [2.75, 3.05) is 38.2 Å². The molecule has 0 atom stereocenters. The lowest BCUT2D eigenvalue weighted by Crippen LogP contribution is -2.34. The molecule has 1 aromatic rings. The molecule has 2 N–H and O–H groups in total. The molecule has 0 radical (unpaired) electrons. The van der Waals surface area contributed by atoms with Gasteiger partial charge in [0.15, 0.2) is 0 Å². The van der Waals surface area contributed by atoms with Crippen molar-refractivity contribution in [1.29, 1.82) is 0 Å². The summed E-state index contributed by atoms with van der Waals surface area (Å²) in [6, 6.07) is 6.05. The van der Waals surface area contributed by atoms with Gasteiger partial charge < -0.3 is 15.2 Å². The number of fused-ring (bicyclic) bond motifs is 1. The SMILES string of the molecule is CC(=O)Nc1cccc2c1CCN(CCOCCO)C2. The van der Waals surface area contributed by atoms with Gasteiger partial charge in [0.25, 0.3) is 0 Å². The number of aliphatic hydroxyl groups is 1. The van der Waals surface area contributed by atoms with Gasteiger partial charge >= 0.3 is 0 Å². The van der Waals surface area contributed by atoms with Crippen LogP contribution in [-0.2, 0) is 22.5 Å². The van der Waals surface area contributed by atoms with Gasteiger partial charge in [0, 0.05) is 32.2 Å². The van der Waals surface area contributed by atoms with Crippen LogP contribution in [0.3, 0.4) is 0 Å². The van der Waals surface area contributed by atoms with Gasteiger partial charge in [-0.25, -0.2) is 0 Å². The number of amides is 1. The molecule has 0 unspecified atom stereocenters. The van der Waals surface area contributed by atoms with Gasteiger partial charge in [0.1, 0.15) is 0 Å². The van der Waals surface area contributed by atoms with E-state index in [4.69, 9.17) is 9.84 Å². The second-order valence-corrected chi connectivity index (χ2v) is 4.99. The van der Waals surface area contributed by atoms with Crippen LogP contribution >= 0.6 is 0 Å². The fraction of sp³-hybridized carbons (Fsp3) is 0.533. The maximum atomic E-state index is 11.2. The highest BCUT2D eigenvalue weighted by molar-refractivity contribution is 5.89. The predicted molar refractivity (Wildman–Crippen MR) is 77.6 cm³/mol. The molecule has 20 heavy (non-hydrogen) atoms. The van der Waals surface area contributed by atoms with Crippen molar-refractivity contribution in [1.82, 2.24) is 4.90 Å². The standard InChI is InChI=1S/C15H22N2O3/c1-12(19)16-15-4-2-3-13-11-17(6-5-14(13)15)7-9-20-10-8-18/h2-4,18H,5-11H2,1H3,(H,16,19). The second kappa shape index (κ2) is 7.38. The molecule has 1 heterocycles. The summed E-state index contributed by atoms with van der Waals surface area (Å²) in [7, 11) is 0. The van der Waals surface area contributed by atoms with Crippen LogP contribution in [0.25, 0.3) is 0 Å². The monoisotopic (exact) mass is 278 g/mol. The van der Waals surface area contributed by atoms with Crippen molar-refractivity contribution in [3.63, 3.8) is 0 Å². The maximum Gasteiger partial charge on any atom is 0.221 e. The Labute approximate surface area is 119 Å². The van der Waals surface area contributed by atoms with Crippen molar-refractivity contribution in [3.8, 4) is 0 Å². The third kappa shape index (κ3) is 4.03. The molecule has 5 nitrogen and oxygen atoms in total. The molecule has 5 heteroatoms. The molecule has 0 fully saturated rings.